The predicted molar refractivity (Wildman–Crippen MR) is 50.0 cm³/mol. The first kappa shape index (κ1) is 7.18. The number of hydrazine groups is 1. The first-order valence-corrected chi connectivity index (χ1v) is 3.89. The lowest BCUT2D eigenvalue weighted by Gasteiger charge is -2.00. The molecule has 3 nitrogen and oxygen atoms in total. The summed E-state index contributed by atoms with van der Waals surface area (Å²) in [5.74, 6) is 0. The van der Waals surface area contributed by atoms with Crippen molar-refractivity contribution in [3.05, 3.63) is 36.0 Å². The third-order valence-corrected chi connectivity index (χ3v) is 1.88. The zero-order chi connectivity index (χ0) is 8.39. The topological polar surface area (TPSA) is 50.1 Å². The Morgan fingerprint density at radius 3 is 2.92 bits per heavy atom. The second kappa shape index (κ2) is 2.87. The van der Waals surface area contributed by atoms with Crippen molar-refractivity contribution >= 4 is 11.3 Å². The standard InChI is InChI=1S/C9H11N3/c10-9-3-1-2-7(4-9)8-5-11-12-6-8/h1-5,11-12H,6,10H2. The summed E-state index contributed by atoms with van der Waals surface area (Å²) < 4.78 is 0. The second-order valence-corrected chi connectivity index (χ2v) is 2.79. The minimum atomic E-state index is 0.806. The van der Waals surface area contributed by atoms with Gasteiger partial charge >= 0.3 is 0 Å². The van der Waals surface area contributed by atoms with Crippen molar-refractivity contribution in [3.8, 4) is 0 Å². The highest BCUT2D eigenvalue weighted by atomic mass is 15.4. The molecule has 3 heteroatoms. The quantitative estimate of drug-likeness (QED) is 0.532. The zero-order valence-corrected chi connectivity index (χ0v) is 6.67. The van der Waals surface area contributed by atoms with E-state index in [1.807, 2.05) is 24.4 Å². The van der Waals surface area contributed by atoms with Gasteiger partial charge in [-0.1, -0.05) is 12.1 Å². The number of rotatable bonds is 1. The Bertz CT molecular complexity index is 317. The number of hydrogen-bond donors (Lipinski definition) is 3. The SMILES string of the molecule is Nc1cccc(C2=CNNC2)c1. The molecule has 4 N–H and O–H groups in total. The van der Waals surface area contributed by atoms with Gasteiger partial charge in [0.25, 0.3) is 0 Å². The summed E-state index contributed by atoms with van der Waals surface area (Å²) >= 11 is 0. The van der Waals surface area contributed by atoms with E-state index >= 15 is 0 Å². The molecule has 0 atom stereocenters. The van der Waals surface area contributed by atoms with Gasteiger partial charge in [-0.25, -0.2) is 5.43 Å². The Morgan fingerprint density at radius 1 is 1.33 bits per heavy atom. The fourth-order valence-electron chi connectivity index (χ4n) is 1.26. The lowest BCUT2D eigenvalue weighted by molar-refractivity contribution is 0.730. The van der Waals surface area contributed by atoms with Gasteiger partial charge in [0.15, 0.2) is 0 Å². The van der Waals surface area contributed by atoms with E-state index in [0.717, 1.165) is 12.2 Å². The van der Waals surface area contributed by atoms with Crippen LogP contribution in [0.4, 0.5) is 5.69 Å². The molecule has 1 heterocycles. The van der Waals surface area contributed by atoms with Gasteiger partial charge in [-0.2, -0.15) is 0 Å². The number of hydrogen-bond acceptors (Lipinski definition) is 3. The first-order chi connectivity index (χ1) is 5.86. The van der Waals surface area contributed by atoms with Gasteiger partial charge in [-0.05, 0) is 23.3 Å². The van der Waals surface area contributed by atoms with Crippen molar-refractivity contribution in [2.75, 3.05) is 12.3 Å². The van der Waals surface area contributed by atoms with Crippen molar-refractivity contribution in [3.63, 3.8) is 0 Å². The molecule has 0 aliphatic carbocycles. The molecule has 12 heavy (non-hydrogen) atoms. The molecule has 0 amide bonds. The van der Waals surface area contributed by atoms with Crippen LogP contribution in [-0.2, 0) is 0 Å². The van der Waals surface area contributed by atoms with Crippen LogP contribution in [0.25, 0.3) is 5.57 Å². The van der Waals surface area contributed by atoms with Gasteiger partial charge in [0.2, 0.25) is 0 Å². The normalized spacial score (nSPS) is 15.5. The van der Waals surface area contributed by atoms with Crippen molar-refractivity contribution in [2.24, 2.45) is 0 Å². The highest BCUT2D eigenvalue weighted by Crippen LogP contribution is 2.16. The largest absolute Gasteiger partial charge is 0.399 e. The highest BCUT2D eigenvalue weighted by Gasteiger charge is 2.05. The maximum absolute atomic E-state index is 5.66. The molecule has 1 aliphatic rings. The molecule has 62 valence electrons. The van der Waals surface area contributed by atoms with Crippen molar-refractivity contribution in [1.29, 1.82) is 0 Å². The second-order valence-electron chi connectivity index (χ2n) is 2.79. The summed E-state index contributed by atoms with van der Waals surface area (Å²) in [4.78, 5) is 0. The molecule has 0 radical (unpaired) electrons. The maximum Gasteiger partial charge on any atom is 0.0419 e. The highest BCUT2D eigenvalue weighted by molar-refractivity contribution is 5.70. The molecule has 1 aromatic rings. The van der Waals surface area contributed by atoms with Crippen LogP contribution in [0.2, 0.25) is 0 Å². The molecular formula is C9H11N3. The molecule has 1 aromatic carbocycles. The van der Waals surface area contributed by atoms with E-state index in [-0.39, 0.29) is 0 Å². The number of nitrogens with two attached hydrogens (primary N) is 1. The van der Waals surface area contributed by atoms with Crippen LogP contribution < -0.4 is 16.6 Å². The molecular weight excluding hydrogens is 150 g/mol. The minimum absolute atomic E-state index is 0.806. The van der Waals surface area contributed by atoms with Gasteiger partial charge in [0.05, 0.1) is 0 Å². The summed E-state index contributed by atoms with van der Waals surface area (Å²) in [6, 6.07) is 7.88. The maximum atomic E-state index is 5.66. The zero-order valence-electron chi connectivity index (χ0n) is 6.67. The minimum Gasteiger partial charge on any atom is -0.399 e. The molecule has 0 bridgehead atoms. The molecule has 0 aromatic heterocycles. The first-order valence-electron chi connectivity index (χ1n) is 3.89. The van der Waals surface area contributed by atoms with Crippen LogP contribution in [0, 0.1) is 0 Å². The Balaban J connectivity index is 2.33. The van der Waals surface area contributed by atoms with E-state index in [4.69, 9.17) is 5.73 Å². The van der Waals surface area contributed by atoms with Crippen LogP contribution in [-0.4, -0.2) is 6.54 Å². The van der Waals surface area contributed by atoms with Gasteiger partial charge in [0, 0.05) is 18.4 Å². The smallest absolute Gasteiger partial charge is 0.0419 e. The van der Waals surface area contributed by atoms with Crippen LogP contribution >= 0.6 is 0 Å². The molecule has 2 rings (SSSR count). The fourth-order valence-corrected chi connectivity index (χ4v) is 1.26. The number of nitrogen functional groups attached to an aromatic ring is 1. The number of anilines is 1. The average molecular weight is 161 g/mol. The van der Waals surface area contributed by atoms with E-state index in [1.165, 1.54) is 11.1 Å². The van der Waals surface area contributed by atoms with E-state index in [2.05, 4.69) is 16.9 Å². The summed E-state index contributed by atoms with van der Waals surface area (Å²) in [7, 11) is 0. The monoisotopic (exact) mass is 161 g/mol. The third kappa shape index (κ3) is 1.26. The molecule has 0 unspecified atom stereocenters. The van der Waals surface area contributed by atoms with Crippen molar-refractivity contribution < 1.29 is 0 Å². The molecule has 0 spiro atoms. The Morgan fingerprint density at radius 2 is 2.25 bits per heavy atom. The van der Waals surface area contributed by atoms with Crippen molar-refractivity contribution in [1.82, 2.24) is 10.9 Å². The Labute approximate surface area is 71.2 Å². The van der Waals surface area contributed by atoms with Gasteiger partial charge in [-0.15, -0.1) is 0 Å². The summed E-state index contributed by atoms with van der Waals surface area (Å²) in [5.41, 5.74) is 14.8. The molecule has 0 saturated heterocycles. The van der Waals surface area contributed by atoms with Crippen LogP contribution in [0.1, 0.15) is 5.56 Å². The lowest BCUT2D eigenvalue weighted by atomic mass is 10.1. The third-order valence-electron chi connectivity index (χ3n) is 1.88. The number of benzene rings is 1. The number of nitrogens with one attached hydrogen (secondary N) is 2. The summed E-state index contributed by atoms with van der Waals surface area (Å²) in [6.45, 7) is 0.851. The van der Waals surface area contributed by atoms with Crippen LogP contribution in [0.15, 0.2) is 30.5 Å². The van der Waals surface area contributed by atoms with E-state index < -0.39 is 0 Å². The Kier molecular flexibility index (Phi) is 1.72. The average Bonchev–Trinajstić information content (AvgIpc) is 2.56. The van der Waals surface area contributed by atoms with Crippen LogP contribution in [0.5, 0.6) is 0 Å². The predicted octanol–water partition coefficient (Wildman–Crippen LogP) is 0.717. The lowest BCUT2D eigenvalue weighted by Crippen LogP contribution is -2.20. The van der Waals surface area contributed by atoms with E-state index in [9.17, 15) is 0 Å². The molecule has 0 saturated carbocycles. The van der Waals surface area contributed by atoms with Gasteiger partial charge < -0.3 is 11.2 Å². The molecule has 1 aliphatic heterocycles. The van der Waals surface area contributed by atoms with E-state index in [0.29, 0.717) is 0 Å². The van der Waals surface area contributed by atoms with E-state index in [1.54, 1.807) is 0 Å². The van der Waals surface area contributed by atoms with Gasteiger partial charge in [0.1, 0.15) is 0 Å². The van der Waals surface area contributed by atoms with Crippen molar-refractivity contribution in [2.45, 2.75) is 0 Å². The summed E-state index contributed by atoms with van der Waals surface area (Å²) in [6.07, 6.45) is 1.95. The molecule has 0 fully saturated rings. The Hall–Kier alpha value is -1.48. The van der Waals surface area contributed by atoms with Crippen LogP contribution in [0.3, 0.4) is 0 Å². The fraction of sp³-hybridized carbons (Fsp3) is 0.111. The van der Waals surface area contributed by atoms with Gasteiger partial charge in [-0.3, -0.25) is 0 Å². The summed E-state index contributed by atoms with van der Waals surface area (Å²) in [5, 5.41) is 0.